The zero-order valence-corrected chi connectivity index (χ0v) is 14.8. The van der Waals surface area contributed by atoms with Crippen molar-refractivity contribution in [2.45, 2.75) is 30.7 Å². The van der Waals surface area contributed by atoms with Crippen LogP contribution in [0, 0.1) is 0 Å². The van der Waals surface area contributed by atoms with E-state index in [-0.39, 0.29) is 6.03 Å². The molecule has 1 fully saturated rings. The van der Waals surface area contributed by atoms with Crippen LogP contribution in [0.1, 0.15) is 24.8 Å². The number of carbonyl (C=O) groups excluding carboxylic acids is 1. The molecule has 1 aliphatic rings. The number of aromatic nitrogens is 1. The zero-order valence-electron chi connectivity index (χ0n) is 14.0. The van der Waals surface area contributed by atoms with Gasteiger partial charge in [-0.1, -0.05) is 18.6 Å². The number of carbonyl (C=O) groups is 1. The SMILES string of the molecule is O=C(NCc1ccc(S(=O)N2CCCCC2)cc1)Nc1cccnc1. The van der Waals surface area contributed by atoms with Gasteiger partial charge in [-0.2, -0.15) is 0 Å². The molecule has 7 heteroatoms. The lowest BCUT2D eigenvalue weighted by Gasteiger charge is -2.25. The molecular weight excluding hydrogens is 336 g/mol. The van der Waals surface area contributed by atoms with Gasteiger partial charge in [0.25, 0.3) is 0 Å². The number of piperidine rings is 1. The van der Waals surface area contributed by atoms with Crippen molar-refractivity contribution in [3.8, 4) is 0 Å². The fourth-order valence-electron chi connectivity index (χ4n) is 2.70. The first kappa shape index (κ1) is 17.6. The summed E-state index contributed by atoms with van der Waals surface area (Å²) in [5.41, 5.74) is 1.60. The second-order valence-corrected chi connectivity index (χ2v) is 7.42. The standard InChI is InChI=1S/C18H22N4O2S/c23-18(21-16-5-4-10-19-14-16)20-13-15-6-8-17(9-7-15)25(24)22-11-2-1-3-12-22/h4-10,14H,1-3,11-13H2,(H2,20,21,23). The first-order valence-corrected chi connectivity index (χ1v) is 9.54. The molecule has 1 atom stereocenters. The van der Waals surface area contributed by atoms with Gasteiger partial charge in [0, 0.05) is 25.8 Å². The normalized spacial score (nSPS) is 16.2. The third-order valence-electron chi connectivity index (χ3n) is 4.05. The Balaban J connectivity index is 1.50. The highest BCUT2D eigenvalue weighted by molar-refractivity contribution is 7.82. The zero-order chi connectivity index (χ0) is 17.5. The van der Waals surface area contributed by atoms with Crippen LogP contribution in [0.15, 0.2) is 53.7 Å². The van der Waals surface area contributed by atoms with E-state index < -0.39 is 11.0 Å². The van der Waals surface area contributed by atoms with E-state index in [9.17, 15) is 9.00 Å². The van der Waals surface area contributed by atoms with Gasteiger partial charge in [-0.25, -0.2) is 13.3 Å². The molecule has 1 aliphatic heterocycles. The summed E-state index contributed by atoms with van der Waals surface area (Å²) in [5.74, 6) is 0. The quantitative estimate of drug-likeness (QED) is 0.863. The summed E-state index contributed by atoms with van der Waals surface area (Å²) in [4.78, 5) is 16.6. The van der Waals surface area contributed by atoms with E-state index >= 15 is 0 Å². The Morgan fingerprint density at radius 2 is 1.88 bits per heavy atom. The molecule has 25 heavy (non-hydrogen) atoms. The van der Waals surface area contributed by atoms with Gasteiger partial charge in [-0.15, -0.1) is 0 Å². The molecule has 0 radical (unpaired) electrons. The number of pyridine rings is 1. The highest BCUT2D eigenvalue weighted by Crippen LogP contribution is 2.17. The van der Waals surface area contributed by atoms with E-state index in [4.69, 9.17) is 0 Å². The summed E-state index contributed by atoms with van der Waals surface area (Å²) in [6, 6.07) is 10.8. The number of nitrogens with zero attached hydrogens (tertiary/aromatic N) is 2. The average molecular weight is 358 g/mol. The van der Waals surface area contributed by atoms with Crippen LogP contribution >= 0.6 is 0 Å². The van der Waals surface area contributed by atoms with Crippen LogP contribution in [0.2, 0.25) is 0 Å². The fourth-order valence-corrected chi connectivity index (χ4v) is 3.95. The van der Waals surface area contributed by atoms with Crippen LogP contribution in [0.5, 0.6) is 0 Å². The molecule has 2 heterocycles. The van der Waals surface area contributed by atoms with Crippen molar-refractivity contribution in [1.29, 1.82) is 0 Å². The molecule has 1 saturated heterocycles. The number of amides is 2. The first-order valence-electron chi connectivity index (χ1n) is 8.43. The highest BCUT2D eigenvalue weighted by atomic mass is 32.2. The summed E-state index contributed by atoms with van der Waals surface area (Å²) in [7, 11) is -1.09. The van der Waals surface area contributed by atoms with Gasteiger partial charge in [-0.05, 0) is 42.7 Å². The van der Waals surface area contributed by atoms with Crippen LogP contribution in [0.3, 0.4) is 0 Å². The van der Waals surface area contributed by atoms with E-state index in [2.05, 4.69) is 15.6 Å². The maximum Gasteiger partial charge on any atom is 0.319 e. The van der Waals surface area contributed by atoms with E-state index in [1.54, 1.807) is 24.5 Å². The minimum absolute atomic E-state index is 0.283. The number of anilines is 1. The summed E-state index contributed by atoms with van der Waals surface area (Å²) in [5, 5.41) is 5.51. The van der Waals surface area contributed by atoms with Crippen molar-refractivity contribution in [2.24, 2.45) is 0 Å². The Hall–Kier alpha value is -2.25. The lowest BCUT2D eigenvalue weighted by Crippen LogP contribution is -2.31. The van der Waals surface area contributed by atoms with Crippen molar-refractivity contribution in [3.05, 3.63) is 54.4 Å². The van der Waals surface area contributed by atoms with Crippen molar-refractivity contribution in [1.82, 2.24) is 14.6 Å². The third kappa shape index (κ3) is 5.11. The molecular formula is C18H22N4O2S. The molecule has 0 spiro atoms. The highest BCUT2D eigenvalue weighted by Gasteiger charge is 2.17. The van der Waals surface area contributed by atoms with Gasteiger partial charge >= 0.3 is 6.03 Å². The lowest BCUT2D eigenvalue weighted by atomic mass is 10.2. The van der Waals surface area contributed by atoms with Gasteiger partial charge in [0.05, 0.1) is 16.8 Å². The van der Waals surface area contributed by atoms with E-state index in [0.717, 1.165) is 36.4 Å². The van der Waals surface area contributed by atoms with Gasteiger partial charge in [0.1, 0.15) is 11.0 Å². The lowest BCUT2D eigenvalue weighted by molar-refractivity contribution is 0.251. The molecule has 0 bridgehead atoms. The van der Waals surface area contributed by atoms with E-state index in [1.807, 2.05) is 28.6 Å². The number of nitrogens with one attached hydrogen (secondary N) is 2. The van der Waals surface area contributed by atoms with Crippen molar-refractivity contribution in [2.75, 3.05) is 18.4 Å². The molecule has 0 aliphatic carbocycles. The van der Waals surface area contributed by atoms with E-state index in [0.29, 0.717) is 12.2 Å². The van der Waals surface area contributed by atoms with Crippen LogP contribution in [0.4, 0.5) is 10.5 Å². The maximum absolute atomic E-state index is 12.5. The monoisotopic (exact) mass is 358 g/mol. The number of hydrogen-bond acceptors (Lipinski definition) is 3. The molecule has 3 rings (SSSR count). The third-order valence-corrected chi connectivity index (χ3v) is 5.56. The Morgan fingerprint density at radius 3 is 2.56 bits per heavy atom. The molecule has 132 valence electrons. The maximum atomic E-state index is 12.5. The number of rotatable bonds is 5. The number of urea groups is 1. The van der Waals surface area contributed by atoms with Crippen LogP contribution in [-0.2, 0) is 17.5 Å². The Bertz CT molecular complexity index is 716. The molecule has 6 nitrogen and oxygen atoms in total. The molecule has 1 unspecified atom stereocenters. The molecule has 2 aromatic rings. The molecule has 0 saturated carbocycles. The minimum atomic E-state index is -1.09. The number of hydrogen-bond donors (Lipinski definition) is 2. The predicted molar refractivity (Wildman–Crippen MR) is 98.4 cm³/mol. The predicted octanol–water partition coefficient (Wildman–Crippen LogP) is 2.91. The van der Waals surface area contributed by atoms with Crippen LogP contribution < -0.4 is 10.6 Å². The molecule has 1 aromatic heterocycles. The summed E-state index contributed by atoms with van der Waals surface area (Å²) < 4.78 is 14.6. The summed E-state index contributed by atoms with van der Waals surface area (Å²) in [6.45, 7) is 2.19. The van der Waals surface area contributed by atoms with Crippen molar-refractivity contribution >= 4 is 22.7 Å². The second-order valence-electron chi connectivity index (χ2n) is 5.93. The average Bonchev–Trinajstić information content (AvgIpc) is 2.68. The molecule has 2 N–H and O–H groups in total. The Kier molecular flexibility index (Phi) is 6.14. The largest absolute Gasteiger partial charge is 0.334 e. The molecule has 2 amide bonds. The smallest absolute Gasteiger partial charge is 0.319 e. The van der Waals surface area contributed by atoms with Crippen LogP contribution in [0.25, 0.3) is 0 Å². The van der Waals surface area contributed by atoms with Gasteiger partial charge in [0.15, 0.2) is 0 Å². The van der Waals surface area contributed by atoms with Crippen molar-refractivity contribution in [3.63, 3.8) is 0 Å². The topological polar surface area (TPSA) is 74.3 Å². The van der Waals surface area contributed by atoms with Gasteiger partial charge in [0.2, 0.25) is 0 Å². The minimum Gasteiger partial charge on any atom is -0.334 e. The molecule has 1 aromatic carbocycles. The number of benzene rings is 1. The first-order chi connectivity index (χ1) is 12.2. The summed E-state index contributed by atoms with van der Waals surface area (Å²) >= 11 is 0. The van der Waals surface area contributed by atoms with Gasteiger partial charge in [-0.3, -0.25) is 4.98 Å². The van der Waals surface area contributed by atoms with Crippen LogP contribution in [-0.4, -0.2) is 32.6 Å². The Labute approximate surface area is 150 Å². The fraction of sp³-hybridized carbons (Fsp3) is 0.333. The van der Waals surface area contributed by atoms with E-state index in [1.165, 1.54) is 6.42 Å². The second kappa shape index (κ2) is 8.73. The Morgan fingerprint density at radius 1 is 1.12 bits per heavy atom. The summed E-state index contributed by atoms with van der Waals surface area (Å²) in [6.07, 6.45) is 6.68. The van der Waals surface area contributed by atoms with Gasteiger partial charge < -0.3 is 10.6 Å². The van der Waals surface area contributed by atoms with Crippen molar-refractivity contribution < 1.29 is 9.00 Å².